The molecule has 0 bridgehead atoms. The van der Waals surface area contributed by atoms with Crippen LogP contribution in [-0.4, -0.2) is 61.0 Å². The van der Waals surface area contributed by atoms with E-state index < -0.39 is 35.5 Å². The van der Waals surface area contributed by atoms with E-state index in [1.54, 1.807) is 59.7 Å². The van der Waals surface area contributed by atoms with Crippen molar-refractivity contribution in [2.24, 2.45) is 5.41 Å². The zero-order valence-electron chi connectivity index (χ0n) is 24.1. The van der Waals surface area contributed by atoms with Crippen molar-refractivity contribution >= 4 is 17.9 Å². The standard InChI is InChI=1S/C29H40N2O8/c1-28(2,3)27(34)39-31(19-26(33)38-29(4,5)6)30(17-22-14-15-23(35-7)16-24(22)36-8)18-25(32)37-20-21-12-10-9-11-13-21/h9-16H,17-20H2,1-8H3. The summed E-state index contributed by atoms with van der Waals surface area (Å²) in [4.78, 5) is 44.4. The van der Waals surface area contributed by atoms with Crippen LogP contribution in [0.4, 0.5) is 0 Å². The van der Waals surface area contributed by atoms with Crippen molar-refractivity contribution in [1.29, 1.82) is 0 Å². The Bertz CT molecular complexity index is 1110. The zero-order chi connectivity index (χ0) is 29.2. The first-order valence-corrected chi connectivity index (χ1v) is 12.6. The highest BCUT2D eigenvalue weighted by molar-refractivity contribution is 5.76. The highest BCUT2D eigenvalue weighted by Crippen LogP contribution is 2.27. The third-order valence-electron chi connectivity index (χ3n) is 5.20. The first-order chi connectivity index (χ1) is 18.2. The molecule has 0 saturated carbocycles. The van der Waals surface area contributed by atoms with Crippen molar-refractivity contribution in [1.82, 2.24) is 10.2 Å². The zero-order valence-corrected chi connectivity index (χ0v) is 24.1. The number of carbonyl (C=O) groups excluding carboxylic acids is 3. The van der Waals surface area contributed by atoms with Crippen LogP contribution in [0.5, 0.6) is 11.5 Å². The average molecular weight is 545 g/mol. The van der Waals surface area contributed by atoms with E-state index in [2.05, 4.69) is 0 Å². The van der Waals surface area contributed by atoms with Crippen LogP contribution in [0, 0.1) is 5.41 Å². The van der Waals surface area contributed by atoms with E-state index in [-0.39, 0.29) is 19.7 Å². The first-order valence-electron chi connectivity index (χ1n) is 12.6. The molecule has 2 rings (SSSR count). The van der Waals surface area contributed by atoms with Gasteiger partial charge in [0.2, 0.25) is 0 Å². The summed E-state index contributed by atoms with van der Waals surface area (Å²) in [6, 6.07) is 14.4. The predicted molar refractivity (Wildman–Crippen MR) is 144 cm³/mol. The number of hydroxylamine groups is 1. The number of benzene rings is 2. The summed E-state index contributed by atoms with van der Waals surface area (Å²) in [6.07, 6.45) is 0. The van der Waals surface area contributed by atoms with E-state index in [0.717, 1.165) is 10.7 Å². The number of hydrogen-bond donors (Lipinski definition) is 0. The van der Waals surface area contributed by atoms with Gasteiger partial charge < -0.3 is 23.8 Å². The molecule has 214 valence electrons. The largest absolute Gasteiger partial charge is 0.497 e. The Labute approximate surface area is 230 Å². The molecule has 0 N–H and O–H groups in total. The number of methoxy groups -OCH3 is 2. The molecule has 10 heteroatoms. The highest BCUT2D eigenvalue weighted by atomic mass is 16.7. The molecule has 2 aromatic carbocycles. The Hall–Kier alpha value is -3.63. The van der Waals surface area contributed by atoms with Crippen LogP contribution in [0.3, 0.4) is 0 Å². The second-order valence-corrected chi connectivity index (χ2v) is 10.9. The fourth-order valence-corrected chi connectivity index (χ4v) is 3.23. The van der Waals surface area contributed by atoms with Crippen molar-refractivity contribution in [3.63, 3.8) is 0 Å². The lowest BCUT2D eigenvalue weighted by atomic mass is 9.98. The lowest BCUT2D eigenvalue weighted by Crippen LogP contribution is -2.50. The molecule has 0 fully saturated rings. The van der Waals surface area contributed by atoms with Crippen LogP contribution in [0.1, 0.15) is 52.7 Å². The second-order valence-electron chi connectivity index (χ2n) is 10.9. The van der Waals surface area contributed by atoms with E-state index in [4.69, 9.17) is 23.8 Å². The van der Waals surface area contributed by atoms with E-state index in [9.17, 15) is 14.4 Å². The summed E-state index contributed by atoms with van der Waals surface area (Å²) < 4.78 is 21.8. The maximum atomic E-state index is 13.0. The van der Waals surface area contributed by atoms with Gasteiger partial charge in [-0.25, -0.2) is 4.79 Å². The van der Waals surface area contributed by atoms with Crippen molar-refractivity contribution in [3.05, 3.63) is 59.7 Å². The first kappa shape index (κ1) is 31.6. The highest BCUT2D eigenvalue weighted by Gasteiger charge is 2.33. The van der Waals surface area contributed by atoms with E-state index in [1.165, 1.54) is 19.2 Å². The molecule has 0 spiro atoms. The summed E-state index contributed by atoms with van der Waals surface area (Å²) in [6.45, 7) is 9.57. The number of rotatable bonds is 12. The third kappa shape index (κ3) is 10.9. The Kier molecular flexibility index (Phi) is 11.3. The molecule has 0 saturated heterocycles. The van der Waals surface area contributed by atoms with Crippen LogP contribution in [0.25, 0.3) is 0 Å². The fourth-order valence-electron chi connectivity index (χ4n) is 3.23. The molecule has 39 heavy (non-hydrogen) atoms. The van der Waals surface area contributed by atoms with Gasteiger partial charge in [0.1, 0.15) is 36.8 Å². The SMILES string of the molecule is COc1ccc(CN(CC(=O)OCc2ccccc2)N(CC(=O)OC(C)(C)C)OC(=O)C(C)(C)C)c(OC)c1. The van der Waals surface area contributed by atoms with Crippen molar-refractivity contribution in [2.45, 2.75) is 60.3 Å². The van der Waals surface area contributed by atoms with Gasteiger partial charge in [0, 0.05) is 18.2 Å². The molecular formula is C29H40N2O8. The van der Waals surface area contributed by atoms with Crippen LogP contribution in [0.15, 0.2) is 48.5 Å². The monoisotopic (exact) mass is 544 g/mol. The lowest BCUT2D eigenvalue weighted by Gasteiger charge is -2.34. The van der Waals surface area contributed by atoms with Crippen molar-refractivity contribution in [2.75, 3.05) is 27.3 Å². The van der Waals surface area contributed by atoms with Gasteiger partial charge in [0.25, 0.3) is 0 Å². The maximum absolute atomic E-state index is 13.0. The normalized spacial score (nSPS) is 11.7. The van der Waals surface area contributed by atoms with Crippen LogP contribution < -0.4 is 9.47 Å². The van der Waals surface area contributed by atoms with Crippen LogP contribution in [-0.2, 0) is 41.8 Å². The summed E-state index contributed by atoms with van der Waals surface area (Å²) in [7, 11) is 3.05. The number of carbonyl (C=O) groups is 3. The molecule has 10 nitrogen and oxygen atoms in total. The van der Waals surface area contributed by atoms with E-state index >= 15 is 0 Å². The smallest absolute Gasteiger partial charge is 0.332 e. The third-order valence-corrected chi connectivity index (χ3v) is 5.20. The fraction of sp³-hybridized carbons (Fsp3) is 0.483. The number of ether oxygens (including phenoxy) is 4. The predicted octanol–water partition coefficient (Wildman–Crippen LogP) is 4.31. The molecule has 0 amide bonds. The van der Waals surface area contributed by atoms with Gasteiger partial charge in [-0.05, 0) is 53.2 Å². The van der Waals surface area contributed by atoms with Crippen LogP contribution >= 0.6 is 0 Å². The molecule has 0 aromatic heterocycles. The van der Waals surface area contributed by atoms with Crippen molar-refractivity contribution < 1.29 is 38.2 Å². The minimum atomic E-state index is -0.885. The topological polar surface area (TPSA) is 104 Å². The van der Waals surface area contributed by atoms with E-state index in [1.807, 2.05) is 30.3 Å². The van der Waals surface area contributed by atoms with Gasteiger partial charge in [-0.15, -0.1) is 0 Å². The summed E-state index contributed by atoms with van der Waals surface area (Å²) in [5, 5.41) is 2.46. The quantitative estimate of drug-likeness (QED) is 0.284. The molecule has 0 aliphatic carbocycles. The second kappa shape index (κ2) is 14.0. The number of hydrazine groups is 1. The maximum Gasteiger partial charge on any atom is 0.332 e. The number of nitrogens with zero attached hydrogens (tertiary/aromatic N) is 2. The summed E-state index contributed by atoms with van der Waals surface area (Å²) >= 11 is 0. The van der Waals surface area contributed by atoms with Gasteiger partial charge in [-0.3, -0.25) is 9.59 Å². The summed E-state index contributed by atoms with van der Waals surface area (Å²) in [5.41, 5.74) is -0.187. The van der Waals surface area contributed by atoms with Crippen molar-refractivity contribution in [3.8, 4) is 11.5 Å². The number of hydrogen-bond acceptors (Lipinski definition) is 10. The Balaban J connectivity index is 2.40. The van der Waals surface area contributed by atoms with E-state index in [0.29, 0.717) is 17.1 Å². The minimum absolute atomic E-state index is 0.0355. The Morgan fingerprint density at radius 2 is 1.49 bits per heavy atom. The molecule has 0 unspecified atom stereocenters. The van der Waals surface area contributed by atoms with Gasteiger partial charge in [0.05, 0.1) is 19.6 Å². The molecule has 0 radical (unpaired) electrons. The molecule has 0 aliphatic heterocycles. The Morgan fingerprint density at radius 3 is 2.05 bits per heavy atom. The molecule has 0 aliphatic rings. The Morgan fingerprint density at radius 1 is 0.821 bits per heavy atom. The lowest BCUT2D eigenvalue weighted by molar-refractivity contribution is -0.278. The molecular weight excluding hydrogens is 504 g/mol. The molecule has 0 heterocycles. The minimum Gasteiger partial charge on any atom is -0.497 e. The van der Waals surface area contributed by atoms with Crippen LogP contribution in [0.2, 0.25) is 0 Å². The average Bonchev–Trinajstić information content (AvgIpc) is 2.85. The number of esters is 2. The molecule has 2 aromatic rings. The van der Waals surface area contributed by atoms with Gasteiger partial charge in [-0.2, -0.15) is 5.01 Å². The molecule has 0 atom stereocenters. The summed E-state index contributed by atoms with van der Waals surface area (Å²) in [5.74, 6) is -0.776. The van der Waals surface area contributed by atoms with Gasteiger partial charge >= 0.3 is 17.9 Å². The van der Waals surface area contributed by atoms with Gasteiger partial charge in [0.15, 0.2) is 0 Å². The van der Waals surface area contributed by atoms with Gasteiger partial charge in [-0.1, -0.05) is 41.6 Å².